The fraction of sp³-hybridized carbons (Fsp3) is 0.538. The van der Waals surface area contributed by atoms with E-state index in [1.54, 1.807) is 0 Å². The summed E-state index contributed by atoms with van der Waals surface area (Å²) < 4.78 is 5.58. The summed E-state index contributed by atoms with van der Waals surface area (Å²) in [6.07, 6.45) is 0. The van der Waals surface area contributed by atoms with E-state index in [2.05, 4.69) is 19.2 Å². The number of para-hydroxylation sites is 1. The smallest absolute Gasteiger partial charge is 0.119 e. The van der Waals surface area contributed by atoms with Gasteiger partial charge >= 0.3 is 0 Å². The molecule has 90 valence electrons. The van der Waals surface area contributed by atoms with E-state index < -0.39 is 0 Å². The first kappa shape index (κ1) is 13.0. The highest BCUT2D eigenvalue weighted by Crippen LogP contribution is 2.07. The molecule has 0 amide bonds. The average molecular weight is 222 g/mol. The van der Waals surface area contributed by atoms with Crippen molar-refractivity contribution >= 4 is 0 Å². The van der Waals surface area contributed by atoms with Crippen LogP contribution in [0.25, 0.3) is 0 Å². The van der Waals surface area contributed by atoms with Crippen LogP contribution in [0, 0.1) is 5.92 Å². The zero-order valence-corrected chi connectivity index (χ0v) is 10.1. The average Bonchev–Trinajstić information content (AvgIpc) is 2.30. The van der Waals surface area contributed by atoms with Crippen molar-refractivity contribution in [2.75, 3.05) is 19.7 Å². The van der Waals surface area contributed by atoms with Crippen LogP contribution in [0.5, 0.6) is 5.75 Å². The van der Waals surface area contributed by atoms with Gasteiger partial charge in [-0.2, -0.15) is 0 Å². The van der Waals surface area contributed by atoms with Crippen molar-refractivity contribution in [1.82, 2.24) is 5.32 Å². The zero-order valence-electron chi connectivity index (χ0n) is 10.1. The lowest BCUT2D eigenvalue weighted by molar-refractivity contribution is 0.293. The van der Waals surface area contributed by atoms with Crippen LogP contribution in [0.4, 0.5) is 0 Å². The van der Waals surface area contributed by atoms with Gasteiger partial charge < -0.3 is 15.8 Å². The molecule has 0 bridgehead atoms. The van der Waals surface area contributed by atoms with Crippen molar-refractivity contribution in [3.8, 4) is 5.75 Å². The second kappa shape index (κ2) is 7.25. The highest BCUT2D eigenvalue weighted by atomic mass is 16.5. The molecule has 0 heterocycles. The van der Waals surface area contributed by atoms with E-state index in [4.69, 9.17) is 10.5 Å². The molecule has 1 aromatic rings. The maximum atomic E-state index is 5.66. The summed E-state index contributed by atoms with van der Waals surface area (Å²) in [7, 11) is 0. The molecule has 0 aliphatic carbocycles. The molecule has 16 heavy (non-hydrogen) atoms. The van der Waals surface area contributed by atoms with Crippen LogP contribution in [0.15, 0.2) is 30.3 Å². The highest BCUT2D eigenvalue weighted by molar-refractivity contribution is 5.20. The van der Waals surface area contributed by atoms with Crippen LogP contribution in [-0.4, -0.2) is 25.7 Å². The number of ether oxygens (including phenoxy) is 1. The molecule has 0 aliphatic heterocycles. The normalized spacial score (nSPS) is 12.8. The zero-order chi connectivity index (χ0) is 11.8. The number of nitrogens with two attached hydrogens (primary N) is 1. The van der Waals surface area contributed by atoms with Crippen molar-refractivity contribution < 1.29 is 4.74 Å². The monoisotopic (exact) mass is 222 g/mol. The Balaban J connectivity index is 2.16. The summed E-state index contributed by atoms with van der Waals surface area (Å²) >= 11 is 0. The summed E-state index contributed by atoms with van der Waals surface area (Å²) in [4.78, 5) is 0. The lowest BCUT2D eigenvalue weighted by Gasteiger charge is -2.20. The highest BCUT2D eigenvalue weighted by Gasteiger charge is 2.09. The van der Waals surface area contributed by atoms with E-state index in [1.165, 1.54) is 0 Å². The minimum absolute atomic E-state index is 0.374. The lowest BCUT2D eigenvalue weighted by atomic mass is 10.1. The fourth-order valence-corrected chi connectivity index (χ4v) is 1.52. The van der Waals surface area contributed by atoms with Crippen LogP contribution in [0.3, 0.4) is 0 Å². The Morgan fingerprint density at radius 3 is 2.50 bits per heavy atom. The molecule has 1 unspecified atom stereocenters. The molecular formula is C13H22N2O. The van der Waals surface area contributed by atoms with Gasteiger partial charge in [0.2, 0.25) is 0 Å². The Morgan fingerprint density at radius 1 is 1.25 bits per heavy atom. The third-order valence-corrected chi connectivity index (χ3v) is 2.58. The first-order valence-electron chi connectivity index (χ1n) is 5.85. The summed E-state index contributed by atoms with van der Waals surface area (Å²) in [5.41, 5.74) is 5.66. The van der Waals surface area contributed by atoms with Gasteiger partial charge in [0.1, 0.15) is 12.4 Å². The maximum absolute atomic E-state index is 5.66. The van der Waals surface area contributed by atoms with E-state index in [9.17, 15) is 0 Å². The van der Waals surface area contributed by atoms with Crippen LogP contribution in [0.2, 0.25) is 0 Å². The molecule has 1 atom stereocenters. The summed E-state index contributed by atoms with van der Waals surface area (Å²) in [5.74, 6) is 1.47. The van der Waals surface area contributed by atoms with Gasteiger partial charge in [0.25, 0.3) is 0 Å². The van der Waals surface area contributed by atoms with Crippen molar-refractivity contribution in [2.24, 2.45) is 11.7 Å². The molecule has 3 nitrogen and oxygen atoms in total. The second-order valence-electron chi connectivity index (χ2n) is 4.20. The molecule has 0 aliphatic rings. The van der Waals surface area contributed by atoms with Crippen molar-refractivity contribution in [3.05, 3.63) is 30.3 Å². The van der Waals surface area contributed by atoms with Crippen LogP contribution in [-0.2, 0) is 0 Å². The molecule has 0 radical (unpaired) electrons. The Bertz CT molecular complexity index is 275. The molecule has 0 saturated carbocycles. The van der Waals surface area contributed by atoms with E-state index >= 15 is 0 Å². The number of rotatable bonds is 7. The van der Waals surface area contributed by atoms with Crippen molar-refractivity contribution in [1.29, 1.82) is 0 Å². The van der Waals surface area contributed by atoms with Gasteiger partial charge in [0, 0.05) is 19.1 Å². The quantitative estimate of drug-likeness (QED) is 0.689. The minimum Gasteiger partial charge on any atom is -0.492 e. The Kier molecular flexibility index (Phi) is 5.90. The van der Waals surface area contributed by atoms with Crippen molar-refractivity contribution in [2.45, 2.75) is 19.9 Å². The second-order valence-corrected chi connectivity index (χ2v) is 4.20. The van der Waals surface area contributed by atoms with Crippen LogP contribution >= 0.6 is 0 Å². The number of benzene rings is 1. The maximum Gasteiger partial charge on any atom is 0.119 e. The molecule has 1 aromatic carbocycles. The first-order chi connectivity index (χ1) is 7.74. The molecule has 1 rings (SSSR count). The first-order valence-corrected chi connectivity index (χ1v) is 5.85. The predicted octanol–water partition coefficient (Wildman–Crippen LogP) is 1.64. The van der Waals surface area contributed by atoms with Gasteiger partial charge in [0.15, 0.2) is 0 Å². The number of hydrogen-bond acceptors (Lipinski definition) is 3. The number of nitrogens with one attached hydrogen (secondary N) is 1. The molecular weight excluding hydrogens is 200 g/mol. The molecule has 0 spiro atoms. The lowest BCUT2D eigenvalue weighted by Crippen LogP contribution is -2.42. The minimum atomic E-state index is 0.374. The van der Waals surface area contributed by atoms with Gasteiger partial charge in [-0.15, -0.1) is 0 Å². The molecule has 3 heteroatoms. The fourth-order valence-electron chi connectivity index (χ4n) is 1.52. The standard InChI is InChI=1S/C13H22N2O/c1-11(2)13(10-14)15-8-9-16-12-6-4-3-5-7-12/h3-7,11,13,15H,8-10,14H2,1-2H3. The Labute approximate surface area is 98.0 Å². The summed E-state index contributed by atoms with van der Waals surface area (Å²) in [6.45, 7) is 6.51. The molecule has 3 N–H and O–H groups in total. The summed E-state index contributed by atoms with van der Waals surface area (Å²) in [5, 5.41) is 3.39. The van der Waals surface area contributed by atoms with Crippen LogP contribution in [0.1, 0.15) is 13.8 Å². The van der Waals surface area contributed by atoms with E-state index in [0.29, 0.717) is 25.1 Å². The SMILES string of the molecule is CC(C)C(CN)NCCOc1ccccc1. The molecule has 0 aromatic heterocycles. The van der Waals surface area contributed by atoms with Crippen molar-refractivity contribution in [3.63, 3.8) is 0 Å². The van der Waals surface area contributed by atoms with E-state index in [0.717, 1.165) is 12.3 Å². The van der Waals surface area contributed by atoms with Gasteiger partial charge in [-0.25, -0.2) is 0 Å². The van der Waals surface area contributed by atoms with Crippen LogP contribution < -0.4 is 15.8 Å². The number of hydrogen-bond donors (Lipinski definition) is 2. The van der Waals surface area contributed by atoms with Gasteiger partial charge in [0.05, 0.1) is 0 Å². The van der Waals surface area contributed by atoms with Gasteiger partial charge in [-0.1, -0.05) is 32.0 Å². The Morgan fingerprint density at radius 2 is 1.94 bits per heavy atom. The molecule has 0 fully saturated rings. The predicted molar refractivity (Wildman–Crippen MR) is 67.6 cm³/mol. The van der Waals surface area contributed by atoms with E-state index in [1.807, 2.05) is 30.3 Å². The largest absolute Gasteiger partial charge is 0.492 e. The topological polar surface area (TPSA) is 47.3 Å². The van der Waals surface area contributed by atoms with Gasteiger partial charge in [-0.05, 0) is 18.1 Å². The third-order valence-electron chi connectivity index (χ3n) is 2.58. The molecule has 0 saturated heterocycles. The van der Waals surface area contributed by atoms with Gasteiger partial charge in [-0.3, -0.25) is 0 Å². The summed E-state index contributed by atoms with van der Waals surface area (Å²) in [6, 6.07) is 10.2. The van der Waals surface area contributed by atoms with E-state index in [-0.39, 0.29) is 0 Å². The Hall–Kier alpha value is -1.06. The third kappa shape index (κ3) is 4.64.